The quantitative estimate of drug-likeness (QED) is 0.537. The highest BCUT2D eigenvalue weighted by Crippen LogP contribution is 1.95. The van der Waals surface area contributed by atoms with Gasteiger partial charge in [0.2, 0.25) is 5.91 Å². The smallest absolute Gasteiger partial charge is 0.303 e. The minimum Gasteiger partial charge on any atom is -0.481 e. The third-order valence-corrected chi connectivity index (χ3v) is 1.48. The van der Waals surface area contributed by atoms with Crippen molar-refractivity contribution in [2.24, 2.45) is 0 Å². The van der Waals surface area contributed by atoms with E-state index in [4.69, 9.17) is 10.2 Å². The van der Waals surface area contributed by atoms with E-state index in [0.717, 1.165) is 0 Å². The molecule has 76 valence electrons. The van der Waals surface area contributed by atoms with E-state index < -0.39 is 5.97 Å². The van der Waals surface area contributed by atoms with Gasteiger partial charge in [0.1, 0.15) is 0 Å². The fourth-order valence-electron chi connectivity index (χ4n) is 0.793. The zero-order valence-electron chi connectivity index (χ0n) is 7.62. The van der Waals surface area contributed by atoms with Gasteiger partial charge in [-0.3, -0.25) is 9.59 Å². The molecule has 13 heavy (non-hydrogen) atoms. The van der Waals surface area contributed by atoms with E-state index in [9.17, 15) is 9.59 Å². The summed E-state index contributed by atoms with van der Waals surface area (Å²) in [5.41, 5.74) is 0. The molecule has 0 saturated carbocycles. The molecule has 1 unspecified atom stereocenters. The molecule has 0 bridgehead atoms. The SMILES string of the molecule is CC(CO)NC(=O)CCCC(=O)O. The lowest BCUT2D eigenvalue weighted by atomic mass is 10.2. The number of hydrogen-bond acceptors (Lipinski definition) is 3. The lowest BCUT2D eigenvalue weighted by Gasteiger charge is -2.09. The summed E-state index contributed by atoms with van der Waals surface area (Å²) in [4.78, 5) is 21.1. The number of aliphatic hydroxyl groups is 1. The third kappa shape index (κ3) is 7.27. The van der Waals surface area contributed by atoms with Gasteiger partial charge in [0.05, 0.1) is 6.61 Å². The van der Waals surface area contributed by atoms with Crippen molar-refractivity contribution in [2.45, 2.75) is 32.2 Å². The van der Waals surface area contributed by atoms with Crippen LogP contribution in [0.25, 0.3) is 0 Å². The van der Waals surface area contributed by atoms with Crippen molar-refractivity contribution in [3.8, 4) is 0 Å². The van der Waals surface area contributed by atoms with Crippen LogP contribution in [0.4, 0.5) is 0 Å². The Hall–Kier alpha value is -1.10. The van der Waals surface area contributed by atoms with Gasteiger partial charge in [0, 0.05) is 18.9 Å². The molecule has 0 aliphatic rings. The lowest BCUT2D eigenvalue weighted by Crippen LogP contribution is -2.34. The number of carbonyl (C=O) groups excluding carboxylic acids is 1. The summed E-state index contributed by atoms with van der Waals surface area (Å²) in [6.07, 6.45) is 0.525. The molecule has 0 aromatic rings. The zero-order valence-corrected chi connectivity index (χ0v) is 7.62. The van der Waals surface area contributed by atoms with Gasteiger partial charge in [-0.1, -0.05) is 0 Å². The molecule has 0 aromatic heterocycles. The van der Waals surface area contributed by atoms with Crippen LogP contribution in [0.15, 0.2) is 0 Å². The maximum atomic E-state index is 11.0. The maximum absolute atomic E-state index is 11.0. The molecule has 5 nitrogen and oxygen atoms in total. The van der Waals surface area contributed by atoms with Crippen molar-refractivity contribution in [2.75, 3.05) is 6.61 Å². The molecule has 1 atom stereocenters. The molecule has 0 aliphatic carbocycles. The number of aliphatic carboxylic acids is 1. The predicted octanol–water partition coefficient (Wildman–Crippen LogP) is -0.262. The number of carboxylic acid groups (broad SMARTS) is 1. The van der Waals surface area contributed by atoms with Crippen LogP contribution in [0.5, 0.6) is 0 Å². The van der Waals surface area contributed by atoms with E-state index in [2.05, 4.69) is 5.32 Å². The Morgan fingerprint density at radius 3 is 2.46 bits per heavy atom. The average Bonchev–Trinajstić information content (AvgIpc) is 2.03. The van der Waals surface area contributed by atoms with Crippen LogP contribution >= 0.6 is 0 Å². The lowest BCUT2D eigenvalue weighted by molar-refractivity contribution is -0.137. The van der Waals surface area contributed by atoms with Crippen LogP contribution < -0.4 is 5.32 Å². The number of carbonyl (C=O) groups is 2. The van der Waals surface area contributed by atoms with E-state index in [1.165, 1.54) is 0 Å². The Balaban J connectivity index is 3.46. The Morgan fingerprint density at radius 1 is 1.38 bits per heavy atom. The molecule has 1 amide bonds. The number of carboxylic acids is 1. The topological polar surface area (TPSA) is 86.6 Å². The summed E-state index contributed by atoms with van der Waals surface area (Å²) >= 11 is 0. The van der Waals surface area contributed by atoms with Gasteiger partial charge in [-0.25, -0.2) is 0 Å². The fraction of sp³-hybridized carbons (Fsp3) is 0.750. The van der Waals surface area contributed by atoms with Crippen LogP contribution in [-0.2, 0) is 9.59 Å². The Morgan fingerprint density at radius 2 is 2.00 bits per heavy atom. The normalized spacial score (nSPS) is 12.2. The molecule has 0 radical (unpaired) electrons. The van der Waals surface area contributed by atoms with Gasteiger partial charge in [-0.05, 0) is 13.3 Å². The van der Waals surface area contributed by atoms with Gasteiger partial charge in [0.15, 0.2) is 0 Å². The summed E-state index contributed by atoms with van der Waals surface area (Å²) in [5.74, 6) is -1.12. The van der Waals surface area contributed by atoms with Crippen LogP contribution in [-0.4, -0.2) is 34.7 Å². The molecule has 0 rings (SSSR count). The maximum Gasteiger partial charge on any atom is 0.303 e. The second-order valence-electron chi connectivity index (χ2n) is 2.90. The first-order valence-corrected chi connectivity index (χ1v) is 4.18. The molecule has 0 fully saturated rings. The van der Waals surface area contributed by atoms with Crippen LogP contribution in [0.1, 0.15) is 26.2 Å². The van der Waals surface area contributed by atoms with Crippen LogP contribution in [0.3, 0.4) is 0 Å². The summed E-state index contributed by atoms with van der Waals surface area (Å²) in [7, 11) is 0. The number of aliphatic hydroxyl groups excluding tert-OH is 1. The van der Waals surface area contributed by atoms with Crippen molar-refractivity contribution >= 4 is 11.9 Å². The van der Waals surface area contributed by atoms with E-state index in [-0.39, 0.29) is 31.4 Å². The highest BCUT2D eigenvalue weighted by Gasteiger charge is 2.06. The summed E-state index contributed by atoms with van der Waals surface area (Å²) in [6, 6.07) is -0.266. The molecule has 0 spiro atoms. The second-order valence-corrected chi connectivity index (χ2v) is 2.90. The van der Waals surface area contributed by atoms with Gasteiger partial charge in [0.25, 0.3) is 0 Å². The monoisotopic (exact) mass is 189 g/mol. The van der Waals surface area contributed by atoms with Crippen molar-refractivity contribution in [1.82, 2.24) is 5.32 Å². The molecule has 3 N–H and O–H groups in total. The number of rotatable bonds is 6. The third-order valence-electron chi connectivity index (χ3n) is 1.48. The van der Waals surface area contributed by atoms with Gasteiger partial charge >= 0.3 is 5.97 Å². The van der Waals surface area contributed by atoms with Crippen LogP contribution in [0, 0.1) is 0 Å². The number of amides is 1. The first kappa shape index (κ1) is 11.9. The van der Waals surface area contributed by atoms with E-state index in [1.54, 1.807) is 6.92 Å². The van der Waals surface area contributed by atoms with E-state index in [0.29, 0.717) is 6.42 Å². The summed E-state index contributed by atoms with van der Waals surface area (Å²) in [5, 5.41) is 19.4. The van der Waals surface area contributed by atoms with Crippen molar-refractivity contribution in [1.29, 1.82) is 0 Å². The Kier molecular flexibility index (Phi) is 5.88. The molecule has 5 heteroatoms. The largest absolute Gasteiger partial charge is 0.481 e. The van der Waals surface area contributed by atoms with Crippen LogP contribution in [0.2, 0.25) is 0 Å². The minimum absolute atomic E-state index is 0.000919. The molecular weight excluding hydrogens is 174 g/mol. The Bertz CT molecular complexity index is 181. The van der Waals surface area contributed by atoms with E-state index in [1.807, 2.05) is 0 Å². The molecular formula is C8H15NO4. The van der Waals surface area contributed by atoms with Gasteiger partial charge in [-0.2, -0.15) is 0 Å². The van der Waals surface area contributed by atoms with Crippen molar-refractivity contribution in [3.05, 3.63) is 0 Å². The summed E-state index contributed by atoms with van der Waals surface area (Å²) < 4.78 is 0. The number of nitrogens with one attached hydrogen (secondary N) is 1. The van der Waals surface area contributed by atoms with E-state index >= 15 is 0 Å². The molecule has 0 aliphatic heterocycles. The highest BCUT2D eigenvalue weighted by molar-refractivity contribution is 5.77. The molecule has 0 heterocycles. The van der Waals surface area contributed by atoms with Crippen molar-refractivity contribution < 1.29 is 19.8 Å². The number of hydrogen-bond donors (Lipinski definition) is 3. The summed E-state index contributed by atoms with van der Waals surface area (Å²) in [6.45, 7) is 1.57. The van der Waals surface area contributed by atoms with Gasteiger partial charge < -0.3 is 15.5 Å². The standard InChI is InChI=1S/C8H15NO4/c1-6(5-10)9-7(11)3-2-4-8(12)13/h6,10H,2-5H2,1H3,(H,9,11)(H,12,13). The molecule has 0 saturated heterocycles. The molecule has 0 aromatic carbocycles. The minimum atomic E-state index is -0.900. The first-order chi connectivity index (χ1) is 6.06. The first-order valence-electron chi connectivity index (χ1n) is 4.18. The average molecular weight is 189 g/mol. The van der Waals surface area contributed by atoms with Gasteiger partial charge in [-0.15, -0.1) is 0 Å². The highest BCUT2D eigenvalue weighted by atomic mass is 16.4. The second kappa shape index (κ2) is 6.42. The Labute approximate surface area is 76.8 Å². The fourth-order valence-corrected chi connectivity index (χ4v) is 0.793. The van der Waals surface area contributed by atoms with Crippen molar-refractivity contribution in [3.63, 3.8) is 0 Å². The predicted molar refractivity (Wildman–Crippen MR) is 46.2 cm³/mol. The zero-order chi connectivity index (χ0) is 10.3.